The van der Waals surface area contributed by atoms with E-state index in [0.717, 1.165) is 31.4 Å². The molecule has 2 rings (SSSR count). The Morgan fingerprint density at radius 2 is 2.20 bits per heavy atom. The third-order valence-electron chi connectivity index (χ3n) is 3.74. The zero-order chi connectivity index (χ0) is 14.5. The first-order chi connectivity index (χ1) is 9.60. The van der Waals surface area contributed by atoms with Gasteiger partial charge in [0.05, 0.1) is 11.0 Å². The Labute approximate surface area is 118 Å². The van der Waals surface area contributed by atoms with Gasteiger partial charge in [-0.3, -0.25) is 10.1 Å². The molecule has 0 aromatic heterocycles. The minimum Gasteiger partial charge on any atom is -0.314 e. The van der Waals surface area contributed by atoms with Crippen molar-refractivity contribution in [3.63, 3.8) is 0 Å². The molecular formula is C15H21FN2O2. The zero-order valence-corrected chi connectivity index (χ0v) is 11.8. The van der Waals surface area contributed by atoms with E-state index in [1.807, 2.05) is 0 Å². The van der Waals surface area contributed by atoms with E-state index in [4.69, 9.17) is 0 Å². The molecule has 20 heavy (non-hydrogen) atoms. The zero-order valence-electron chi connectivity index (χ0n) is 11.8. The Balaban J connectivity index is 1.96. The van der Waals surface area contributed by atoms with Crippen molar-refractivity contribution in [2.45, 2.75) is 45.1 Å². The van der Waals surface area contributed by atoms with Crippen molar-refractivity contribution in [3.8, 4) is 0 Å². The van der Waals surface area contributed by atoms with Crippen LogP contribution < -0.4 is 5.32 Å². The molecule has 1 unspecified atom stereocenters. The molecule has 1 aromatic carbocycles. The molecule has 1 atom stereocenters. The van der Waals surface area contributed by atoms with Crippen LogP contribution in [0.1, 0.15) is 38.2 Å². The number of hydrogen-bond acceptors (Lipinski definition) is 3. The maximum absolute atomic E-state index is 13.4. The average Bonchev–Trinajstić information content (AvgIpc) is 3.22. The van der Waals surface area contributed by atoms with E-state index in [1.54, 1.807) is 0 Å². The van der Waals surface area contributed by atoms with Gasteiger partial charge in [0.25, 0.3) is 5.69 Å². The number of halogens is 1. The van der Waals surface area contributed by atoms with Crippen molar-refractivity contribution >= 4 is 5.69 Å². The van der Waals surface area contributed by atoms with Crippen molar-refractivity contribution in [2.75, 3.05) is 6.54 Å². The fraction of sp³-hybridized carbons (Fsp3) is 0.600. The van der Waals surface area contributed by atoms with Gasteiger partial charge in [-0.2, -0.15) is 0 Å². The summed E-state index contributed by atoms with van der Waals surface area (Å²) >= 11 is 0. The summed E-state index contributed by atoms with van der Waals surface area (Å²) in [5.41, 5.74) is 0.546. The van der Waals surface area contributed by atoms with Gasteiger partial charge in [-0.05, 0) is 56.2 Å². The molecule has 5 heteroatoms. The third-order valence-corrected chi connectivity index (χ3v) is 3.74. The molecule has 1 aliphatic carbocycles. The minimum absolute atomic E-state index is 0.163. The molecule has 0 amide bonds. The van der Waals surface area contributed by atoms with Crippen LogP contribution in [0.2, 0.25) is 0 Å². The van der Waals surface area contributed by atoms with Crippen molar-refractivity contribution in [3.05, 3.63) is 39.7 Å². The third kappa shape index (κ3) is 4.27. The summed E-state index contributed by atoms with van der Waals surface area (Å²) in [6, 6.07) is 4.30. The number of nitrogens with one attached hydrogen (secondary N) is 1. The largest absolute Gasteiger partial charge is 0.314 e. The molecule has 110 valence electrons. The van der Waals surface area contributed by atoms with E-state index in [-0.39, 0.29) is 5.69 Å². The van der Waals surface area contributed by atoms with Gasteiger partial charge < -0.3 is 5.32 Å². The highest BCUT2D eigenvalue weighted by Gasteiger charge is 2.30. The summed E-state index contributed by atoms with van der Waals surface area (Å²) in [4.78, 5) is 10.2. The van der Waals surface area contributed by atoms with Gasteiger partial charge in [-0.15, -0.1) is 0 Å². The molecule has 1 N–H and O–H groups in total. The van der Waals surface area contributed by atoms with Gasteiger partial charge in [0.15, 0.2) is 0 Å². The van der Waals surface area contributed by atoms with E-state index in [0.29, 0.717) is 18.0 Å². The van der Waals surface area contributed by atoms with Gasteiger partial charge in [-0.1, -0.05) is 6.92 Å². The van der Waals surface area contributed by atoms with Crippen LogP contribution in [-0.4, -0.2) is 17.5 Å². The number of hydrogen-bond donors (Lipinski definition) is 1. The SMILES string of the molecule is CCCNC(CCc1cc(F)cc([N+](=O)[O-])c1)C1CC1. The summed E-state index contributed by atoms with van der Waals surface area (Å²) in [5.74, 6) is 0.198. The molecule has 0 spiro atoms. The normalized spacial score (nSPS) is 16.1. The fourth-order valence-corrected chi connectivity index (χ4v) is 2.54. The van der Waals surface area contributed by atoms with Crippen LogP contribution in [0.25, 0.3) is 0 Å². The van der Waals surface area contributed by atoms with Crippen molar-refractivity contribution in [1.29, 1.82) is 0 Å². The maximum atomic E-state index is 13.4. The second-order valence-corrected chi connectivity index (χ2v) is 5.51. The Morgan fingerprint density at radius 1 is 1.45 bits per heavy atom. The number of aryl methyl sites for hydroxylation is 1. The first-order valence-corrected chi connectivity index (χ1v) is 7.27. The number of non-ortho nitro benzene ring substituents is 1. The monoisotopic (exact) mass is 280 g/mol. The van der Waals surface area contributed by atoms with Crippen LogP contribution in [-0.2, 0) is 6.42 Å². The smallest absolute Gasteiger partial charge is 0.272 e. The van der Waals surface area contributed by atoms with Crippen molar-refractivity contribution in [2.24, 2.45) is 5.92 Å². The predicted molar refractivity (Wildman–Crippen MR) is 76.2 cm³/mol. The van der Waals surface area contributed by atoms with Crippen LogP contribution in [0, 0.1) is 21.8 Å². The molecule has 0 radical (unpaired) electrons. The Bertz CT molecular complexity index is 475. The Morgan fingerprint density at radius 3 is 2.80 bits per heavy atom. The van der Waals surface area contributed by atoms with Crippen LogP contribution in [0.4, 0.5) is 10.1 Å². The van der Waals surface area contributed by atoms with E-state index >= 15 is 0 Å². The lowest BCUT2D eigenvalue weighted by Crippen LogP contribution is -2.32. The fourth-order valence-electron chi connectivity index (χ4n) is 2.54. The van der Waals surface area contributed by atoms with Gasteiger partial charge in [0, 0.05) is 12.1 Å². The molecule has 0 saturated heterocycles. The number of rotatable bonds is 8. The topological polar surface area (TPSA) is 55.2 Å². The molecule has 1 aromatic rings. The maximum Gasteiger partial charge on any atom is 0.272 e. The molecule has 4 nitrogen and oxygen atoms in total. The summed E-state index contributed by atoms with van der Waals surface area (Å²) in [6.45, 7) is 3.12. The summed E-state index contributed by atoms with van der Waals surface area (Å²) < 4.78 is 13.4. The average molecular weight is 280 g/mol. The molecule has 0 heterocycles. The molecule has 0 bridgehead atoms. The molecule has 1 fully saturated rings. The first-order valence-electron chi connectivity index (χ1n) is 7.27. The first kappa shape index (κ1) is 14.9. The molecule has 1 aliphatic rings. The lowest BCUT2D eigenvalue weighted by molar-refractivity contribution is -0.385. The number of nitro benzene ring substituents is 1. The Kier molecular flexibility index (Phi) is 5.06. The van der Waals surface area contributed by atoms with Crippen LogP contribution in [0.5, 0.6) is 0 Å². The van der Waals surface area contributed by atoms with Crippen LogP contribution in [0.15, 0.2) is 18.2 Å². The van der Waals surface area contributed by atoms with E-state index in [2.05, 4.69) is 12.2 Å². The highest BCUT2D eigenvalue weighted by atomic mass is 19.1. The van der Waals surface area contributed by atoms with Gasteiger partial charge in [0.2, 0.25) is 0 Å². The standard InChI is InChI=1S/C15H21FN2O2/c1-2-7-17-15(12-4-5-12)6-3-11-8-13(16)10-14(9-11)18(19)20/h8-10,12,15,17H,2-7H2,1H3. The van der Waals surface area contributed by atoms with Crippen LogP contribution in [0.3, 0.4) is 0 Å². The second-order valence-electron chi connectivity index (χ2n) is 5.51. The predicted octanol–water partition coefficient (Wildman–Crippen LogP) is 3.44. The van der Waals surface area contributed by atoms with Crippen molar-refractivity contribution in [1.82, 2.24) is 5.32 Å². The van der Waals surface area contributed by atoms with Gasteiger partial charge >= 0.3 is 0 Å². The van der Waals surface area contributed by atoms with Crippen molar-refractivity contribution < 1.29 is 9.31 Å². The summed E-state index contributed by atoms with van der Waals surface area (Å²) in [7, 11) is 0. The number of nitro groups is 1. The van der Waals surface area contributed by atoms with E-state index in [9.17, 15) is 14.5 Å². The van der Waals surface area contributed by atoms with E-state index < -0.39 is 10.7 Å². The van der Waals surface area contributed by atoms with E-state index in [1.165, 1.54) is 25.0 Å². The lowest BCUT2D eigenvalue weighted by atomic mass is 10.0. The number of benzene rings is 1. The molecule has 1 saturated carbocycles. The van der Waals surface area contributed by atoms with Gasteiger partial charge in [0.1, 0.15) is 5.82 Å². The van der Waals surface area contributed by atoms with Gasteiger partial charge in [-0.25, -0.2) is 4.39 Å². The second kappa shape index (κ2) is 6.79. The highest BCUT2D eigenvalue weighted by molar-refractivity contribution is 5.35. The molecule has 0 aliphatic heterocycles. The summed E-state index contributed by atoms with van der Waals surface area (Å²) in [6.07, 6.45) is 5.19. The lowest BCUT2D eigenvalue weighted by Gasteiger charge is -2.17. The summed E-state index contributed by atoms with van der Waals surface area (Å²) in [5, 5.41) is 14.3. The number of nitrogens with zero attached hydrogens (tertiary/aromatic N) is 1. The van der Waals surface area contributed by atoms with Crippen LogP contribution >= 0.6 is 0 Å². The quantitative estimate of drug-likeness (QED) is 0.586. The highest BCUT2D eigenvalue weighted by Crippen LogP contribution is 2.34. The Hall–Kier alpha value is -1.49. The molecular weight excluding hydrogens is 259 g/mol. The minimum atomic E-state index is -0.541.